The molecule has 1 atom stereocenters. The fourth-order valence-corrected chi connectivity index (χ4v) is 1.73. The molecule has 1 aromatic carbocycles. The van der Waals surface area contributed by atoms with E-state index in [1.807, 2.05) is 30.3 Å². The Morgan fingerprint density at radius 2 is 1.84 bits per heavy atom. The van der Waals surface area contributed by atoms with Gasteiger partial charge in [0.1, 0.15) is 5.54 Å². The van der Waals surface area contributed by atoms with Crippen LogP contribution in [0.3, 0.4) is 0 Å². The number of hydrogen-bond acceptors (Lipinski definition) is 3. The van der Waals surface area contributed by atoms with Gasteiger partial charge in [-0.2, -0.15) is 0 Å². The van der Waals surface area contributed by atoms with E-state index in [2.05, 4.69) is 10.6 Å². The van der Waals surface area contributed by atoms with Gasteiger partial charge in [-0.15, -0.1) is 0 Å². The summed E-state index contributed by atoms with van der Waals surface area (Å²) in [7, 11) is 1.53. The molecule has 1 aromatic rings. The molecule has 0 aliphatic heterocycles. The Hall–Kier alpha value is -1.88. The summed E-state index contributed by atoms with van der Waals surface area (Å²) >= 11 is 0. The van der Waals surface area contributed by atoms with Crippen molar-refractivity contribution in [1.82, 2.24) is 10.6 Å². The summed E-state index contributed by atoms with van der Waals surface area (Å²) < 4.78 is 0. The Bertz CT molecular complexity index is 443. The smallest absolute Gasteiger partial charge is 0.244 e. The molecule has 5 nitrogen and oxygen atoms in total. The van der Waals surface area contributed by atoms with Crippen molar-refractivity contribution in [3.05, 3.63) is 35.9 Å². The molecule has 0 bridgehead atoms. The maximum atomic E-state index is 12.0. The lowest BCUT2D eigenvalue weighted by atomic mass is 10.0. The van der Waals surface area contributed by atoms with E-state index in [1.165, 1.54) is 7.05 Å². The van der Waals surface area contributed by atoms with E-state index in [-0.39, 0.29) is 11.8 Å². The summed E-state index contributed by atoms with van der Waals surface area (Å²) in [6, 6.07) is 8.85. The van der Waals surface area contributed by atoms with E-state index in [0.29, 0.717) is 6.42 Å². The molecule has 0 heterocycles. The molecule has 0 spiro atoms. The lowest BCUT2D eigenvalue weighted by Crippen LogP contribution is -2.57. The number of carbonyl (C=O) groups is 2. The van der Waals surface area contributed by atoms with Crippen molar-refractivity contribution < 1.29 is 9.59 Å². The lowest BCUT2D eigenvalue weighted by molar-refractivity contribution is -0.132. The van der Waals surface area contributed by atoms with Gasteiger partial charge in [-0.3, -0.25) is 9.59 Å². The Balaban J connectivity index is 2.61. The third-order valence-electron chi connectivity index (χ3n) is 2.87. The van der Waals surface area contributed by atoms with Gasteiger partial charge in [0.15, 0.2) is 0 Å². The van der Waals surface area contributed by atoms with Crippen molar-refractivity contribution >= 4 is 11.8 Å². The summed E-state index contributed by atoms with van der Waals surface area (Å²) in [6.07, 6.45) is 0.441. The first-order chi connectivity index (χ1) is 8.86. The van der Waals surface area contributed by atoms with Crippen molar-refractivity contribution in [2.75, 3.05) is 7.05 Å². The van der Waals surface area contributed by atoms with Gasteiger partial charge in [-0.05, 0) is 25.8 Å². The third-order valence-corrected chi connectivity index (χ3v) is 2.87. The molecule has 0 aliphatic rings. The summed E-state index contributed by atoms with van der Waals surface area (Å²) in [4.78, 5) is 23.6. The lowest BCUT2D eigenvalue weighted by Gasteiger charge is -2.26. The predicted octanol–water partition coefficient (Wildman–Crippen LogP) is 0.197. The van der Waals surface area contributed by atoms with Crippen LogP contribution in [-0.4, -0.2) is 30.4 Å². The molecule has 0 fully saturated rings. The van der Waals surface area contributed by atoms with Crippen molar-refractivity contribution in [2.24, 2.45) is 5.73 Å². The van der Waals surface area contributed by atoms with E-state index in [4.69, 9.17) is 5.73 Å². The molecular formula is C14H21N3O2. The van der Waals surface area contributed by atoms with Gasteiger partial charge in [-0.25, -0.2) is 0 Å². The van der Waals surface area contributed by atoms with Gasteiger partial charge >= 0.3 is 0 Å². The maximum absolute atomic E-state index is 12.0. The molecule has 1 unspecified atom stereocenters. The van der Waals surface area contributed by atoms with Gasteiger partial charge in [0.05, 0.1) is 6.04 Å². The van der Waals surface area contributed by atoms with Crippen LogP contribution in [-0.2, 0) is 16.0 Å². The van der Waals surface area contributed by atoms with Crippen molar-refractivity contribution in [2.45, 2.75) is 31.8 Å². The van der Waals surface area contributed by atoms with Crippen LogP contribution in [0.4, 0.5) is 0 Å². The normalized spacial score (nSPS) is 12.6. The first-order valence-electron chi connectivity index (χ1n) is 6.20. The van der Waals surface area contributed by atoms with Crippen LogP contribution in [0.1, 0.15) is 19.4 Å². The molecule has 4 N–H and O–H groups in total. The number of nitrogens with two attached hydrogens (primary N) is 1. The molecule has 104 valence electrons. The highest BCUT2D eigenvalue weighted by Gasteiger charge is 2.30. The zero-order valence-corrected chi connectivity index (χ0v) is 11.6. The van der Waals surface area contributed by atoms with E-state index in [9.17, 15) is 9.59 Å². The summed E-state index contributed by atoms with van der Waals surface area (Å²) in [6.45, 7) is 3.28. The second kappa shape index (κ2) is 6.33. The third kappa shape index (κ3) is 4.37. The highest BCUT2D eigenvalue weighted by atomic mass is 16.2. The minimum atomic E-state index is -0.972. The van der Waals surface area contributed by atoms with E-state index in [1.54, 1.807) is 13.8 Å². The Morgan fingerprint density at radius 3 is 2.37 bits per heavy atom. The van der Waals surface area contributed by atoms with Crippen LogP contribution in [0.25, 0.3) is 0 Å². The predicted molar refractivity (Wildman–Crippen MR) is 74.4 cm³/mol. The van der Waals surface area contributed by atoms with E-state index < -0.39 is 11.6 Å². The standard InChI is InChI=1S/C14H21N3O2/c1-14(2,13(19)16-3)17-12(18)11(15)9-10-7-5-4-6-8-10/h4-8,11H,9,15H2,1-3H3,(H,16,19)(H,17,18). The zero-order valence-electron chi connectivity index (χ0n) is 11.6. The van der Waals surface area contributed by atoms with Crippen molar-refractivity contribution in [3.63, 3.8) is 0 Å². The Labute approximate surface area is 113 Å². The highest BCUT2D eigenvalue weighted by molar-refractivity contribution is 5.92. The molecule has 1 rings (SSSR count). The largest absolute Gasteiger partial charge is 0.357 e. The van der Waals surface area contributed by atoms with Gasteiger partial charge in [0, 0.05) is 7.05 Å². The molecule has 0 aromatic heterocycles. The van der Waals surface area contributed by atoms with Crippen LogP contribution in [0.15, 0.2) is 30.3 Å². The van der Waals surface area contributed by atoms with Crippen LogP contribution in [0.2, 0.25) is 0 Å². The van der Waals surface area contributed by atoms with Gasteiger partial charge < -0.3 is 16.4 Å². The fourth-order valence-electron chi connectivity index (χ4n) is 1.73. The monoisotopic (exact) mass is 263 g/mol. The molecule has 0 radical (unpaired) electrons. The first kappa shape index (κ1) is 15.2. The quantitative estimate of drug-likeness (QED) is 0.709. The maximum Gasteiger partial charge on any atom is 0.244 e. The van der Waals surface area contributed by atoms with Crippen molar-refractivity contribution in [3.8, 4) is 0 Å². The number of likely N-dealkylation sites (N-methyl/N-ethyl adjacent to an activating group) is 1. The highest BCUT2D eigenvalue weighted by Crippen LogP contribution is 2.05. The van der Waals surface area contributed by atoms with E-state index in [0.717, 1.165) is 5.56 Å². The summed E-state index contributed by atoms with van der Waals surface area (Å²) in [5.74, 6) is -0.592. The SMILES string of the molecule is CNC(=O)C(C)(C)NC(=O)C(N)Cc1ccccc1. The summed E-state index contributed by atoms with van der Waals surface area (Å²) in [5.41, 5.74) is 5.87. The number of benzene rings is 1. The molecule has 0 saturated heterocycles. The fraction of sp³-hybridized carbons (Fsp3) is 0.429. The number of amides is 2. The average molecular weight is 263 g/mol. The van der Waals surface area contributed by atoms with Crippen LogP contribution in [0.5, 0.6) is 0 Å². The number of hydrogen-bond donors (Lipinski definition) is 3. The van der Waals surface area contributed by atoms with Crippen LogP contribution < -0.4 is 16.4 Å². The van der Waals surface area contributed by atoms with Crippen molar-refractivity contribution in [1.29, 1.82) is 0 Å². The number of nitrogens with one attached hydrogen (secondary N) is 2. The van der Waals surface area contributed by atoms with Gasteiger partial charge in [0.2, 0.25) is 11.8 Å². The molecule has 5 heteroatoms. The molecule has 0 saturated carbocycles. The summed E-state index contributed by atoms with van der Waals surface area (Å²) in [5, 5.41) is 5.16. The number of carbonyl (C=O) groups excluding carboxylic acids is 2. The van der Waals surface area contributed by atoms with Gasteiger partial charge in [-0.1, -0.05) is 30.3 Å². The minimum Gasteiger partial charge on any atom is -0.357 e. The second-order valence-electron chi connectivity index (χ2n) is 4.99. The molecule has 19 heavy (non-hydrogen) atoms. The Morgan fingerprint density at radius 1 is 1.26 bits per heavy atom. The molecule has 2 amide bonds. The second-order valence-corrected chi connectivity index (χ2v) is 4.99. The average Bonchev–Trinajstić information content (AvgIpc) is 2.38. The van der Waals surface area contributed by atoms with Crippen LogP contribution >= 0.6 is 0 Å². The van der Waals surface area contributed by atoms with E-state index >= 15 is 0 Å². The molecular weight excluding hydrogens is 242 g/mol. The topological polar surface area (TPSA) is 84.2 Å². The Kier molecular flexibility index (Phi) is 5.06. The minimum absolute atomic E-state index is 0.257. The zero-order chi connectivity index (χ0) is 14.5. The van der Waals surface area contributed by atoms with Crippen LogP contribution in [0, 0.1) is 0 Å². The van der Waals surface area contributed by atoms with Gasteiger partial charge in [0.25, 0.3) is 0 Å². The first-order valence-corrected chi connectivity index (χ1v) is 6.20. The number of rotatable bonds is 5. The molecule has 0 aliphatic carbocycles.